The molecule has 1 N–H and O–H groups in total. The van der Waals surface area contributed by atoms with Gasteiger partial charge in [-0.3, -0.25) is 0 Å². The number of hydrogen-bond donors (Lipinski definition) is 1. The second kappa shape index (κ2) is 6.02. The predicted molar refractivity (Wildman–Crippen MR) is 78.8 cm³/mol. The minimum Gasteiger partial charge on any atom is -0.313 e. The molecule has 1 atom stereocenters. The topological polar surface area (TPSA) is 24.9 Å². The Hall–Kier alpha value is -0.610. The normalized spacial score (nSPS) is 12.7. The average molecular weight is 301 g/mol. The number of aromatic nitrogens is 1. The van der Waals surface area contributed by atoms with Gasteiger partial charge in [0.15, 0.2) is 0 Å². The number of nitrogens with one attached hydrogen (secondary N) is 1. The van der Waals surface area contributed by atoms with Crippen molar-refractivity contribution in [3.05, 3.63) is 49.9 Å². The van der Waals surface area contributed by atoms with E-state index in [-0.39, 0.29) is 6.04 Å². The molecule has 0 fully saturated rings. The van der Waals surface area contributed by atoms with Crippen molar-refractivity contribution in [3.8, 4) is 0 Å². The lowest BCUT2D eigenvalue weighted by atomic mass is 10.0. The first-order chi connectivity index (χ1) is 8.60. The maximum atomic E-state index is 6.05. The molecule has 0 radical (unpaired) electrons. The lowest BCUT2D eigenvalue weighted by molar-refractivity contribution is 0.590. The van der Waals surface area contributed by atoms with E-state index < -0.39 is 0 Å². The summed E-state index contributed by atoms with van der Waals surface area (Å²) in [5.41, 5.74) is 2.19. The summed E-state index contributed by atoms with van der Waals surface area (Å²) in [6.45, 7) is 2.01. The molecule has 0 bridgehead atoms. The minimum atomic E-state index is 0.199. The maximum Gasteiger partial charge on any atom is 0.0947 e. The molecule has 5 heteroatoms. The third-order valence-corrected chi connectivity index (χ3v) is 4.47. The van der Waals surface area contributed by atoms with Crippen molar-refractivity contribution in [3.63, 3.8) is 0 Å². The van der Waals surface area contributed by atoms with Crippen molar-refractivity contribution in [2.45, 2.75) is 19.4 Å². The van der Waals surface area contributed by atoms with Crippen molar-refractivity contribution < 1.29 is 0 Å². The summed E-state index contributed by atoms with van der Waals surface area (Å²) in [5.74, 6) is 0. The van der Waals surface area contributed by atoms with Crippen LogP contribution in [0.5, 0.6) is 0 Å². The number of hydrogen-bond acceptors (Lipinski definition) is 3. The van der Waals surface area contributed by atoms with E-state index in [0.29, 0.717) is 10.0 Å². The molecule has 0 aliphatic carbocycles. The summed E-state index contributed by atoms with van der Waals surface area (Å²) < 4.78 is 0. The van der Waals surface area contributed by atoms with E-state index in [0.717, 1.165) is 22.7 Å². The van der Waals surface area contributed by atoms with Crippen LogP contribution in [0.15, 0.2) is 23.6 Å². The molecule has 0 amide bonds. The molecule has 18 heavy (non-hydrogen) atoms. The Kier molecular flexibility index (Phi) is 4.62. The molecule has 0 saturated heterocycles. The Morgan fingerprint density at radius 3 is 2.67 bits per heavy atom. The zero-order valence-electron chi connectivity index (χ0n) is 10.2. The number of nitrogens with zero attached hydrogens (tertiary/aromatic N) is 1. The van der Waals surface area contributed by atoms with E-state index in [4.69, 9.17) is 23.2 Å². The zero-order valence-corrected chi connectivity index (χ0v) is 12.5. The number of halogens is 2. The summed E-state index contributed by atoms with van der Waals surface area (Å²) in [6.07, 6.45) is 0.854. The number of rotatable bonds is 4. The molecule has 1 aromatic heterocycles. The van der Waals surface area contributed by atoms with Gasteiger partial charge < -0.3 is 5.32 Å². The van der Waals surface area contributed by atoms with Gasteiger partial charge in [-0.15, -0.1) is 11.3 Å². The Bertz CT molecular complexity index is 540. The van der Waals surface area contributed by atoms with Crippen LogP contribution in [-0.4, -0.2) is 12.0 Å². The molecule has 1 heterocycles. The molecule has 1 unspecified atom stereocenters. The van der Waals surface area contributed by atoms with Crippen LogP contribution < -0.4 is 5.32 Å². The SMILES string of the molecule is CNC(Cc1nc(C)cs1)c1ccc(Cl)c(Cl)c1. The van der Waals surface area contributed by atoms with E-state index in [1.54, 1.807) is 11.3 Å². The fraction of sp³-hybridized carbons (Fsp3) is 0.308. The Balaban J connectivity index is 2.19. The monoisotopic (exact) mass is 300 g/mol. The highest BCUT2D eigenvalue weighted by atomic mass is 35.5. The second-order valence-electron chi connectivity index (χ2n) is 4.10. The molecule has 1 aromatic carbocycles. The minimum absolute atomic E-state index is 0.199. The maximum absolute atomic E-state index is 6.05. The van der Waals surface area contributed by atoms with Crippen molar-refractivity contribution in [2.24, 2.45) is 0 Å². The van der Waals surface area contributed by atoms with Crippen LogP contribution in [-0.2, 0) is 6.42 Å². The van der Waals surface area contributed by atoms with Crippen LogP contribution >= 0.6 is 34.5 Å². The van der Waals surface area contributed by atoms with Crippen molar-refractivity contribution >= 4 is 34.5 Å². The lowest BCUT2D eigenvalue weighted by Crippen LogP contribution is -2.18. The van der Waals surface area contributed by atoms with Gasteiger partial charge in [-0.05, 0) is 31.7 Å². The molecule has 0 saturated carbocycles. The van der Waals surface area contributed by atoms with Crippen LogP contribution in [0.25, 0.3) is 0 Å². The zero-order chi connectivity index (χ0) is 13.1. The molecular formula is C13H14Cl2N2S. The third kappa shape index (κ3) is 3.23. The summed E-state index contributed by atoms with van der Waals surface area (Å²) in [4.78, 5) is 4.48. The molecule has 0 aliphatic heterocycles. The van der Waals surface area contributed by atoms with Crippen LogP contribution in [0.1, 0.15) is 22.3 Å². The Morgan fingerprint density at radius 1 is 1.33 bits per heavy atom. The van der Waals surface area contributed by atoms with Crippen LogP contribution in [0, 0.1) is 6.92 Å². The quantitative estimate of drug-likeness (QED) is 0.912. The first kappa shape index (κ1) is 13.8. The molecule has 0 aliphatic rings. The van der Waals surface area contributed by atoms with Crippen LogP contribution in [0.2, 0.25) is 10.0 Å². The lowest BCUT2D eigenvalue weighted by Gasteiger charge is -2.15. The van der Waals surface area contributed by atoms with Gasteiger partial charge in [0, 0.05) is 23.5 Å². The molecule has 2 aromatic rings. The third-order valence-electron chi connectivity index (χ3n) is 2.74. The largest absolute Gasteiger partial charge is 0.313 e. The highest BCUT2D eigenvalue weighted by molar-refractivity contribution is 7.09. The smallest absolute Gasteiger partial charge is 0.0947 e. The number of aryl methyl sites for hydroxylation is 1. The molecule has 2 nitrogen and oxygen atoms in total. The van der Waals surface area contributed by atoms with Gasteiger partial charge in [0.1, 0.15) is 0 Å². The van der Waals surface area contributed by atoms with Gasteiger partial charge in [-0.1, -0.05) is 29.3 Å². The Morgan fingerprint density at radius 2 is 2.11 bits per heavy atom. The summed E-state index contributed by atoms with van der Waals surface area (Å²) in [6, 6.07) is 5.93. The van der Waals surface area contributed by atoms with E-state index >= 15 is 0 Å². The fourth-order valence-corrected chi connectivity index (χ4v) is 2.91. The Labute approximate surface area is 121 Å². The van der Waals surface area contributed by atoms with Crippen molar-refractivity contribution in [1.29, 1.82) is 0 Å². The highest BCUT2D eigenvalue weighted by Crippen LogP contribution is 2.27. The average Bonchev–Trinajstić information content (AvgIpc) is 2.75. The van der Waals surface area contributed by atoms with E-state index in [2.05, 4.69) is 15.7 Å². The summed E-state index contributed by atoms with van der Waals surface area (Å²) >= 11 is 13.7. The number of likely N-dealkylation sites (N-methyl/N-ethyl adjacent to an activating group) is 1. The molecule has 0 spiro atoms. The highest BCUT2D eigenvalue weighted by Gasteiger charge is 2.13. The molecular weight excluding hydrogens is 287 g/mol. The fourth-order valence-electron chi connectivity index (χ4n) is 1.79. The second-order valence-corrected chi connectivity index (χ2v) is 5.86. The molecule has 2 rings (SSSR count). The van der Waals surface area contributed by atoms with Gasteiger partial charge in [0.2, 0.25) is 0 Å². The molecule has 96 valence electrons. The van der Waals surface area contributed by atoms with Crippen molar-refractivity contribution in [1.82, 2.24) is 10.3 Å². The van der Waals surface area contributed by atoms with Crippen LogP contribution in [0.4, 0.5) is 0 Å². The van der Waals surface area contributed by atoms with Gasteiger partial charge in [-0.2, -0.15) is 0 Å². The van der Waals surface area contributed by atoms with Gasteiger partial charge in [-0.25, -0.2) is 4.98 Å². The van der Waals surface area contributed by atoms with Crippen LogP contribution in [0.3, 0.4) is 0 Å². The number of thiazole rings is 1. The van der Waals surface area contributed by atoms with Gasteiger partial charge in [0.05, 0.1) is 15.1 Å². The number of benzene rings is 1. The predicted octanol–water partition coefficient (Wildman–Crippen LogP) is 4.26. The van der Waals surface area contributed by atoms with E-state index in [1.165, 1.54) is 0 Å². The van der Waals surface area contributed by atoms with Crippen molar-refractivity contribution in [2.75, 3.05) is 7.05 Å². The summed E-state index contributed by atoms with van der Waals surface area (Å²) in [7, 11) is 1.94. The van der Waals surface area contributed by atoms with E-state index in [1.807, 2.05) is 32.2 Å². The van der Waals surface area contributed by atoms with Gasteiger partial charge >= 0.3 is 0 Å². The van der Waals surface area contributed by atoms with E-state index in [9.17, 15) is 0 Å². The van der Waals surface area contributed by atoms with Gasteiger partial charge in [0.25, 0.3) is 0 Å². The summed E-state index contributed by atoms with van der Waals surface area (Å²) in [5, 5.41) is 7.65. The standard InChI is InChI=1S/C13H14Cl2N2S/c1-8-7-18-13(17-8)6-12(16-2)9-3-4-10(14)11(15)5-9/h3-5,7,12,16H,6H2,1-2H3. The first-order valence-electron chi connectivity index (χ1n) is 5.63. The first-order valence-corrected chi connectivity index (χ1v) is 7.27.